The van der Waals surface area contributed by atoms with Crippen molar-refractivity contribution >= 4 is 45.9 Å². The fraction of sp³-hybridized carbons (Fsp3) is 0.895. The van der Waals surface area contributed by atoms with Gasteiger partial charge in [0.05, 0.1) is 11.5 Å². The second-order valence-electron chi connectivity index (χ2n) is 8.73. The number of nitrogens with zero attached hydrogens (tertiary/aromatic N) is 2. The highest BCUT2D eigenvalue weighted by atomic mass is 127. The third-order valence-corrected chi connectivity index (χ3v) is 6.66. The molecule has 10 heteroatoms. The molecule has 2 saturated heterocycles. The van der Waals surface area contributed by atoms with Crippen LogP contribution in [0.15, 0.2) is 4.99 Å². The topological polar surface area (TPSA) is 100 Å². The lowest BCUT2D eigenvalue weighted by atomic mass is 9.95. The Morgan fingerprint density at radius 2 is 2.00 bits per heavy atom. The molecule has 0 bridgehead atoms. The highest BCUT2D eigenvalue weighted by Crippen LogP contribution is 2.21. The Hall–Kier alpha value is -0.780. The molecule has 29 heavy (non-hydrogen) atoms. The predicted molar refractivity (Wildman–Crippen MR) is 127 cm³/mol. The summed E-state index contributed by atoms with van der Waals surface area (Å²) in [5.74, 6) is 1.49. The van der Waals surface area contributed by atoms with E-state index in [1.54, 1.807) is 4.90 Å². The molecule has 2 rings (SSSR count). The first-order valence-electron chi connectivity index (χ1n) is 10.3. The Kier molecular flexibility index (Phi) is 10.5. The summed E-state index contributed by atoms with van der Waals surface area (Å²) >= 11 is 0. The van der Waals surface area contributed by atoms with Crippen LogP contribution in [-0.4, -0.2) is 74.7 Å². The summed E-state index contributed by atoms with van der Waals surface area (Å²) < 4.78 is 28.7. The van der Waals surface area contributed by atoms with Gasteiger partial charge < -0.3 is 20.3 Å². The van der Waals surface area contributed by atoms with Gasteiger partial charge in [0.1, 0.15) is 5.60 Å². The molecule has 0 radical (unpaired) electrons. The lowest BCUT2D eigenvalue weighted by Crippen LogP contribution is -2.44. The number of carbonyl (C=O) groups excluding carboxylic acids is 1. The van der Waals surface area contributed by atoms with Gasteiger partial charge in [0.25, 0.3) is 0 Å². The number of sulfone groups is 1. The molecule has 2 aliphatic rings. The summed E-state index contributed by atoms with van der Waals surface area (Å²) in [4.78, 5) is 18.7. The monoisotopic (exact) mass is 544 g/mol. The standard InChI is InChI=1S/C19H36N4O4S.HI/c1-5-20-17(22-16-9-12-28(25,26)14-16)21-10-8-15-7-6-11-23(13-15)18(24)27-19(2,3)4;/h15-16H,5-14H2,1-4H3,(H2,20,21,22);1H. The number of rotatable bonds is 5. The van der Waals surface area contributed by atoms with Crippen LogP contribution in [0.1, 0.15) is 53.4 Å². The maximum atomic E-state index is 12.3. The summed E-state index contributed by atoms with van der Waals surface area (Å²) in [5, 5.41) is 6.43. The Morgan fingerprint density at radius 3 is 2.59 bits per heavy atom. The molecular weight excluding hydrogens is 507 g/mol. The SMILES string of the molecule is CCNC(=NCCC1CCCN(C(=O)OC(C)(C)C)C1)NC1CCS(=O)(=O)C1.I. The molecule has 170 valence electrons. The third kappa shape index (κ3) is 9.71. The Balaban J connectivity index is 0.00000420. The van der Waals surface area contributed by atoms with Crippen LogP contribution < -0.4 is 10.6 Å². The number of halogens is 1. The third-order valence-electron chi connectivity index (χ3n) is 4.90. The number of piperidine rings is 1. The predicted octanol–water partition coefficient (Wildman–Crippen LogP) is 2.38. The van der Waals surface area contributed by atoms with E-state index >= 15 is 0 Å². The zero-order valence-electron chi connectivity index (χ0n) is 18.1. The van der Waals surface area contributed by atoms with Gasteiger partial charge in [-0.05, 0) is 59.3 Å². The Bertz CT molecular complexity index is 664. The van der Waals surface area contributed by atoms with Crippen LogP contribution in [-0.2, 0) is 14.6 Å². The van der Waals surface area contributed by atoms with Crippen molar-refractivity contribution in [3.63, 3.8) is 0 Å². The molecule has 0 saturated carbocycles. The number of ether oxygens (including phenoxy) is 1. The van der Waals surface area contributed by atoms with Crippen molar-refractivity contribution < 1.29 is 17.9 Å². The summed E-state index contributed by atoms with van der Waals surface area (Å²) in [7, 11) is -2.92. The van der Waals surface area contributed by atoms with Crippen molar-refractivity contribution in [2.75, 3.05) is 37.7 Å². The highest BCUT2D eigenvalue weighted by molar-refractivity contribution is 14.0. The molecule has 2 atom stereocenters. The second-order valence-corrected chi connectivity index (χ2v) is 11.0. The summed E-state index contributed by atoms with van der Waals surface area (Å²) in [6, 6.07) is -0.0693. The van der Waals surface area contributed by atoms with Crippen molar-refractivity contribution in [1.29, 1.82) is 0 Å². The second kappa shape index (κ2) is 11.6. The number of guanidine groups is 1. The van der Waals surface area contributed by atoms with E-state index in [1.165, 1.54) is 0 Å². The van der Waals surface area contributed by atoms with Gasteiger partial charge in [-0.15, -0.1) is 24.0 Å². The number of carbonyl (C=O) groups is 1. The normalized spacial score (nSPS) is 24.6. The van der Waals surface area contributed by atoms with Crippen LogP contribution >= 0.6 is 24.0 Å². The van der Waals surface area contributed by atoms with Gasteiger partial charge in [-0.25, -0.2) is 13.2 Å². The van der Waals surface area contributed by atoms with Crippen LogP contribution in [0, 0.1) is 5.92 Å². The number of hydrogen-bond donors (Lipinski definition) is 2. The van der Waals surface area contributed by atoms with Crippen molar-refractivity contribution in [2.24, 2.45) is 10.9 Å². The summed E-state index contributed by atoms with van der Waals surface area (Å²) in [6.45, 7) is 10.4. The minimum absolute atomic E-state index is 0. The molecule has 2 aliphatic heterocycles. The maximum absolute atomic E-state index is 12.3. The van der Waals surface area contributed by atoms with Crippen LogP contribution in [0.2, 0.25) is 0 Å². The van der Waals surface area contributed by atoms with E-state index in [-0.39, 0.29) is 47.6 Å². The number of likely N-dealkylation sites (tertiary alicyclic amines) is 1. The van der Waals surface area contributed by atoms with E-state index in [4.69, 9.17) is 4.74 Å². The molecule has 1 amide bonds. The van der Waals surface area contributed by atoms with Gasteiger partial charge in [-0.3, -0.25) is 4.99 Å². The first-order chi connectivity index (χ1) is 13.1. The first kappa shape index (κ1) is 26.3. The molecule has 2 fully saturated rings. The highest BCUT2D eigenvalue weighted by Gasteiger charge is 2.29. The van der Waals surface area contributed by atoms with E-state index < -0.39 is 15.4 Å². The van der Waals surface area contributed by atoms with Crippen LogP contribution in [0.5, 0.6) is 0 Å². The van der Waals surface area contributed by atoms with Crippen LogP contribution in [0.25, 0.3) is 0 Å². The van der Waals surface area contributed by atoms with Gasteiger partial charge in [0.15, 0.2) is 15.8 Å². The number of aliphatic imine (C=N–C) groups is 1. The largest absolute Gasteiger partial charge is 0.444 e. The fourth-order valence-electron chi connectivity index (χ4n) is 3.57. The first-order valence-corrected chi connectivity index (χ1v) is 12.1. The lowest BCUT2D eigenvalue weighted by Gasteiger charge is -2.34. The van der Waals surface area contributed by atoms with Gasteiger partial charge >= 0.3 is 6.09 Å². The van der Waals surface area contributed by atoms with Gasteiger partial charge in [0, 0.05) is 32.2 Å². The molecule has 8 nitrogen and oxygen atoms in total. The van der Waals surface area contributed by atoms with Crippen molar-refractivity contribution in [3.8, 4) is 0 Å². The van der Waals surface area contributed by atoms with Gasteiger partial charge in [-0.1, -0.05) is 0 Å². The fourth-order valence-corrected chi connectivity index (χ4v) is 5.25. The molecule has 0 aliphatic carbocycles. The molecule has 2 N–H and O–H groups in total. The zero-order chi connectivity index (χ0) is 20.8. The molecule has 0 spiro atoms. The molecule has 2 unspecified atom stereocenters. The van der Waals surface area contributed by atoms with E-state index in [0.717, 1.165) is 32.4 Å². The number of hydrogen-bond acceptors (Lipinski definition) is 5. The van der Waals surface area contributed by atoms with Crippen LogP contribution in [0.4, 0.5) is 4.79 Å². The van der Waals surface area contributed by atoms with Gasteiger partial charge in [0.2, 0.25) is 0 Å². The van der Waals surface area contributed by atoms with Gasteiger partial charge in [-0.2, -0.15) is 0 Å². The van der Waals surface area contributed by atoms with Crippen molar-refractivity contribution in [1.82, 2.24) is 15.5 Å². The quantitative estimate of drug-likeness (QED) is 0.313. The maximum Gasteiger partial charge on any atom is 0.410 e. The number of nitrogens with one attached hydrogen (secondary N) is 2. The Labute approximate surface area is 192 Å². The summed E-state index contributed by atoms with van der Waals surface area (Å²) in [6.07, 6.45) is 3.34. The van der Waals surface area contributed by atoms with Crippen molar-refractivity contribution in [3.05, 3.63) is 0 Å². The minimum Gasteiger partial charge on any atom is -0.444 e. The van der Waals surface area contributed by atoms with Crippen molar-refractivity contribution in [2.45, 2.75) is 65.0 Å². The average Bonchev–Trinajstić information content (AvgIpc) is 2.92. The molecule has 0 aromatic carbocycles. The molecule has 2 heterocycles. The molecular formula is C19H37IN4O4S. The zero-order valence-corrected chi connectivity index (χ0v) is 21.2. The van der Waals surface area contributed by atoms with E-state index in [2.05, 4.69) is 15.6 Å². The number of amides is 1. The van der Waals surface area contributed by atoms with E-state index in [1.807, 2.05) is 27.7 Å². The average molecular weight is 545 g/mol. The molecule has 0 aromatic heterocycles. The van der Waals surface area contributed by atoms with E-state index in [0.29, 0.717) is 31.4 Å². The lowest BCUT2D eigenvalue weighted by molar-refractivity contribution is 0.0163. The molecule has 0 aromatic rings. The minimum atomic E-state index is -2.92. The summed E-state index contributed by atoms with van der Waals surface area (Å²) in [5.41, 5.74) is -0.478. The smallest absolute Gasteiger partial charge is 0.410 e. The Morgan fingerprint density at radius 1 is 1.28 bits per heavy atom. The van der Waals surface area contributed by atoms with E-state index in [9.17, 15) is 13.2 Å². The van der Waals surface area contributed by atoms with Crippen LogP contribution in [0.3, 0.4) is 0 Å².